The first-order valence-corrected chi connectivity index (χ1v) is 6.91. The highest BCUT2D eigenvalue weighted by molar-refractivity contribution is 5.31. The van der Waals surface area contributed by atoms with Crippen molar-refractivity contribution in [1.82, 2.24) is 5.32 Å². The van der Waals surface area contributed by atoms with Gasteiger partial charge in [-0.1, -0.05) is 36.4 Å². The van der Waals surface area contributed by atoms with Crippen LogP contribution < -0.4 is 5.32 Å². The van der Waals surface area contributed by atoms with Crippen LogP contribution in [0.2, 0.25) is 0 Å². The van der Waals surface area contributed by atoms with E-state index in [2.05, 4.69) is 17.4 Å². The van der Waals surface area contributed by atoms with Crippen molar-refractivity contribution in [1.29, 1.82) is 0 Å². The molecule has 0 bridgehead atoms. The Hall–Kier alpha value is -1.71. The van der Waals surface area contributed by atoms with Crippen LogP contribution in [-0.2, 0) is 11.3 Å². The molecule has 0 saturated carbocycles. The van der Waals surface area contributed by atoms with E-state index < -0.39 is 0 Å². The van der Waals surface area contributed by atoms with E-state index in [1.807, 2.05) is 25.1 Å². The number of ether oxygens (including phenoxy) is 1. The summed E-state index contributed by atoms with van der Waals surface area (Å²) < 4.78 is 18.9. The van der Waals surface area contributed by atoms with Crippen LogP contribution in [0.3, 0.4) is 0 Å². The average Bonchev–Trinajstić information content (AvgIpc) is 2.47. The maximum atomic E-state index is 13.3. The van der Waals surface area contributed by atoms with E-state index in [9.17, 15) is 4.39 Å². The lowest BCUT2D eigenvalue weighted by Crippen LogP contribution is -2.31. The predicted octanol–water partition coefficient (Wildman–Crippen LogP) is 3.75. The van der Waals surface area contributed by atoms with Gasteiger partial charge in [0.1, 0.15) is 5.82 Å². The molecule has 1 heterocycles. The minimum absolute atomic E-state index is 0.0745. The number of rotatable bonds is 3. The van der Waals surface area contributed by atoms with Crippen molar-refractivity contribution >= 4 is 0 Å². The molecule has 2 aromatic carbocycles. The zero-order valence-corrected chi connectivity index (χ0v) is 11.5. The first-order valence-electron chi connectivity index (χ1n) is 6.91. The monoisotopic (exact) mass is 271 g/mol. The molecule has 0 amide bonds. The van der Waals surface area contributed by atoms with Crippen molar-refractivity contribution in [2.24, 2.45) is 0 Å². The van der Waals surface area contributed by atoms with E-state index in [0.29, 0.717) is 13.2 Å². The lowest BCUT2D eigenvalue weighted by Gasteiger charge is -2.29. The van der Waals surface area contributed by atoms with Crippen LogP contribution in [0.25, 0.3) is 0 Å². The Labute approximate surface area is 118 Å². The first-order chi connectivity index (χ1) is 9.74. The third kappa shape index (κ3) is 2.74. The minimum Gasteiger partial charge on any atom is -0.375 e. The summed E-state index contributed by atoms with van der Waals surface area (Å²) in [6.45, 7) is 3.37. The van der Waals surface area contributed by atoms with Crippen LogP contribution in [0.5, 0.6) is 0 Å². The van der Waals surface area contributed by atoms with Crippen LogP contribution in [0.15, 0.2) is 48.5 Å². The van der Waals surface area contributed by atoms with Gasteiger partial charge in [0.05, 0.1) is 19.3 Å². The number of nitrogens with one attached hydrogen (secondary N) is 1. The third-order valence-corrected chi connectivity index (χ3v) is 3.77. The van der Waals surface area contributed by atoms with Gasteiger partial charge in [-0.3, -0.25) is 0 Å². The van der Waals surface area contributed by atoms with E-state index in [4.69, 9.17) is 4.74 Å². The molecule has 0 saturated heterocycles. The molecule has 104 valence electrons. The third-order valence-electron chi connectivity index (χ3n) is 3.77. The topological polar surface area (TPSA) is 21.3 Å². The van der Waals surface area contributed by atoms with E-state index in [0.717, 1.165) is 5.56 Å². The van der Waals surface area contributed by atoms with Gasteiger partial charge in [0.2, 0.25) is 0 Å². The van der Waals surface area contributed by atoms with Crippen molar-refractivity contribution in [2.75, 3.05) is 6.61 Å². The second-order valence-electron chi connectivity index (χ2n) is 5.21. The van der Waals surface area contributed by atoms with E-state index in [1.165, 1.54) is 17.2 Å². The SMILES string of the molecule is C[C@@H](NC1COCc2ccccc21)c1cccc(F)c1. The fraction of sp³-hybridized carbons (Fsp3) is 0.294. The summed E-state index contributed by atoms with van der Waals surface area (Å²) in [6, 6.07) is 15.3. The molecule has 0 fully saturated rings. The van der Waals surface area contributed by atoms with E-state index >= 15 is 0 Å². The van der Waals surface area contributed by atoms with Crippen LogP contribution >= 0.6 is 0 Å². The van der Waals surface area contributed by atoms with Crippen LogP contribution in [-0.4, -0.2) is 6.61 Å². The Kier molecular flexibility index (Phi) is 3.81. The maximum Gasteiger partial charge on any atom is 0.123 e. The molecular formula is C17H18FNO. The highest BCUT2D eigenvalue weighted by Gasteiger charge is 2.22. The zero-order chi connectivity index (χ0) is 13.9. The molecule has 1 N–H and O–H groups in total. The molecule has 0 spiro atoms. The smallest absolute Gasteiger partial charge is 0.123 e. The number of halogens is 1. The molecule has 2 aromatic rings. The molecule has 3 rings (SSSR count). The Morgan fingerprint density at radius 1 is 1.20 bits per heavy atom. The van der Waals surface area contributed by atoms with Crippen LogP contribution in [0, 0.1) is 5.82 Å². The average molecular weight is 271 g/mol. The summed E-state index contributed by atoms with van der Waals surface area (Å²) in [4.78, 5) is 0. The van der Waals surface area contributed by atoms with E-state index in [-0.39, 0.29) is 17.9 Å². The lowest BCUT2D eigenvalue weighted by atomic mass is 9.97. The molecule has 20 heavy (non-hydrogen) atoms. The van der Waals surface area contributed by atoms with Crippen LogP contribution in [0.4, 0.5) is 4.39 Å². The van der Waals surface area contributed by atoms with Crippen molar-refractivity contribution in [3.63, 3.8) is 0 Å². The van der Waals surface area contributed by atoms with Crippen molar-refractivity contribution < 1.29 is 9.13 Å². The van der Waals surface area contributed by atoms with Crippen molar-refractivity contribution in [2.45, 2.75) is 25.6 Å². The summed E-state index contributed by atoms with van der Waals surface area (Å²) in [7, 11) is 0. The molecule has 0 aliphatic carbocycles. The number of hydrogen-bond acceptors (Lipinski definition) is 2. The van der Waals surface area contributed by atoms with Gasteiger partial charge in [0, 0.05) is 6.04 Å². The normalized spacial score (nSPS) is 19.4. The van der Waals surface area contributed by atoms with Gasteiger partial charge in [-0.05, 0) is 35.7 Å². The maximum absolute atomic E-state index is 13.3. The lowest BCUT2D eigenvalue weighted by molar-refractivity contribution is 0.0791. The largest absolute Gasteiger partial charge is 0.375 e. The molecule has 0 radical (unpaired) electrons. The van der Waals surface area contributed by atoms with Gasteiger partial charge >= 0.3 is 0 Å². The zero-order valence-electron chi connectivity index (χ0n) is 11.5. The summed E-state index contributed by atoms with van der Waals surface area (Å²) in [5, 5.41) is 3.53. The molecule has 1 aliphatic heterocycles. The molecule has 0 aromatic heterocycles. The Morgan fingerprint density at radius 3 is 2.90 bits per heavy atom. The van der Waals surface area contributed by atoms with E-state index in [1.54, 1.807) is 12.1 Å². The molecule has 1 aliphatic rings. The quantitative estimate of drug-likeness (QED) is 0.918. The Bertz CT molecular complexity index is 599. The summed E-state index contributed by atoms with van der Waals surface area (Å²) >= 11 is 0. The highest BCUT2D eigenvalue weighted by Crippen LogP contribution is 2.27. The van der Waals surface area contributed by atoms with Gasteiger partial charge in [-0.25, -0.2) is 4.39 Å². The van der Waals surface area contributed by atoms with Gasteiger partial charge < -0.3 is 10.1 Å². The highest BCUT2D eigenvalue weighted by atomic mass is 19.1. The first kappa shape index (κ1) is 13.3. The van der Waals surface area contributed by atoms with Crippen molar-refractivity contribution in [3.8, 4) is 0 Å². The minimum atomic E-state index is -0.198. The fourth-order valence-electron chi connectivity index (χ4n) is 2.69. The summed E-state index contributed by atoms with van der Waals surface area (Å²) in [6.07, 6.45) is 0. The second-order valence-corrected chi connectivity index (χ2v) is 5.21. The standard InChI is InChI=1S/C17H18FNO/c1-12(13-6-4-7-15(18)9-13)19-17-11-20-10-14-5-2-3-8-16(14)17/h2-9,12,17,19H,10-11H2,1H3/t12-,17?/m1/s1. The second kappa shape index (κ2) is 5.73. The summed E-state index contributed by atoms with van der Waals surface area (Å²) in [5.41, 5.74) is 3.46. The van der Waals surface area contributed by atoms with Gasteiger partial charge in [0.15, 0.2) is 0 Å². The number of hydrogen-bond donors (Lipinski definition) is 1. The van der Waals surface area contributed by atoms with Crippen molar-refractivity contribution in [3.05, 3.63) is 71.0 Å². The number of fused-ring (bicyclic) bond motifs is 1. The van der Waals surface area contributed by atoms with Gasteiger partial charge in [0.25, 0.3) is 0 Å². The number of benzene rings is 2. The Balaban J connectivity index is 1.79. The molecule has 3 heteroatoms. The van der Waals surface area contributed by atoms with Crippen LogP contribution in [0.1, 0.15) is 35.7 Å². The fourth-order valence-corrected chi connectivity index (χ4v) is 2.69. The molecule has 1 unspecified atom stereocenters. The molecular weight excluding hydrogens is 253 g/mol. The summed E-state index contributed by atoms with van der Waals surface area (Å²) in [5.74, 6) is -0.198. The van der Waals surface area contributed by atoms with Gasteiger partial charge in [-0.15, -0.1) is 0 Å². The van der Waals surface area contributed by atoms with Gasteiger partial charge in [-0.2, -0.15) is 0 Å². The Morgan fingerprint density at radius 2 is 2.05 bits per heavy atom. The molecule has 2 nitrogen and oxygen atoms in total. The predicted molar refractivity (Wildman–Crippen MR) is 76.8 cm³/mol. The molecule has 2 atom stereocenters.